The standard InChI is InChI=1S/C22H38N4O3/c1-6-23-22(24-10-7-11-26-12-8-17(2)9-13-26)25-16-19-20(28-4)14-18(27-3)15-21(19)29-5/h14-15,17H,6-13,16H2,1-5H3,(H2,23,24,25). The molecule has 1 saturated heterocycles. The molecule has 0 bridgehead atoms. The zero-order valence-corrected chi connectivity index (χ0v) is 18.7. The number of nitrogens with zero attached hydrogens (tertiary/aromatic N) is 2. The number of benzene rings is 1. The summed E-state index contributed by atoms with van der Waals surface area (Å²) in [5.41, 5.74) is 0.899. The fourth-order valence-corrected chi connectivity index (χ4v) is 3.53. The van der Waals surface area contributed by atoms with Crippen molar-refractivity contribution >= 4 is 5.96 Å². The van der Waals surface area contributed by atoms with E-state index in [0.717, 1.165) is 43.5 Å². The number of ether oxygens (including phenoxy) is 3. The van der Waals surface area contributed by atoms with Crippen LogP contribution in [0.1, 0.15) is 38.7 Å². The van der Waals surface area contributed by atoms with Crippen LogP contribution in [0, 0.1) is 5.92 Å². The van der Waals surface area contributed by atoms with Gasteiger partial charge in [-0.05, 0) is 51.7 Å². The molecule has 0 radical (unpaired) electrons. The predicted octanol–water partition coefficient (Wildman–Crippen LogP) is 2.89. The summed E-state index contributed by atoms with van der Waals surface area (Å²) >= 11 is 0. The highest BCUT2D eigenvalue weighted by Crippen LogP contribution is 2.34. The molecule has 164 valence electrons. The van der Waals surface area contributed by atoms with Gasteiger partial charge in [0, 0.05) is 25.2 Å². The fourth-order valence-electron chi connectivity index (χ4n) is 3.53. The molecule has 7 nitrogen and oxygen atoms in total. The monoisotopic (exact) mass is 406 g/mol. The number of nitrogens with one attached hydrogen (secondary N) is 2. The summed E-state index contributed by atoms with van der Waals surface area (Å²) in [5.74, 6) is 3.80. The van der Waals surface area contributed by atoms with Gasteiger partial charge in [0.25, 0.3) is 0 Å². The quantitative estimate of drug-likeness (QED) is 0.354. The van der Waals surface area contributed by atoms with Gasteiger partial charge in [-0.2, -0.15) is 0 Å². The molecule has 1 heterocycles. The van der Waals surface area contributed by atoms with Crippen LogP contribution >= 0.6 is 0 Å². The topological polar surface area (TPSA) is 67.4 Å². The summed E-state index contributed by atoms with van der Waals surface area (Å²) in [5, 5.41) is 6.76. The molecule has 29 heavy (non-hydrogen) atoms. The number of hydrogen-bond donors (Lipinski definition) is 2. The lowest BCUT2D eigenvalue weighted by Gasteiger charge is -2.30. The van der Waals surface area contributed by atoms with E-state index in [1.54, 1.807) is 21.3 Å². The van der Waals surface area contributed by atoms with Crippen molar-refractivity contribution in [1.82, 2.24) is 15.5 Å². The molecular formula is C22H38N4O3. The zero-order valence-electron chi connectivity index (χ0n) is 18.7. The largest absolute Gasteiger partial charge is 0.496 e. The number of piperidine rings is 1. The third-order valence-electron chi connectivity index (χ3n) is 5.38. The summed E-state index contributed by atoms with van der Waals surface area (Å²) in [6.07, 6.45) is 3.75. The van der Waals surface area contributed by atoms with Gasteiger partial charge in [0.2, 0.25) is 0 Å². The van der Waals surface area contributed by atoms with Crippen LogP contribution in [-0.2, 0) is 6.54 Å². The molecule has 7 heteroatoms. The van der Waals surface area contributed by atoms with Crippen LogP contribution in [0.3, 0.4) is 0 Å². The van der Waals surface area contributed by atoms with E-state index in [9.17, 15) is 0 Å². The maximum absolute atomic E-state index is 5.52. The van der Waals surface area contributed by atoms with E-state index in [1.165, 1.54) is 25.9 Å². The molecule has 0 aliphatic carbocycles. The van der Waals surface area contributed by atoms with Crippen molar-refractivity contribution in [2.75, 3.05) is 54.1 Å². The molecule has 0 aromatic heterocycles. The Morgan fingerprint density at radius 2 is 1.72 bits per heavy atom. The lowest BCUT2D eigenvalue weighted by molar-refractivity contribution is 0.191. The first-order valence-corrected chi connectivity index (χ1v) is 10.6. The van der Waals surface area contributed by atoms with Crippen LogP contribution < -0.4 is 24.8 Å². The fraction of sp³-hybridized carbons (Fsp3) is 0.682. The second-order valence-corrected chi connectivity index (χ2v) is 7.51. The SMILES string of the molecule is CCNC(=NCc1c(OC)cc(OC)cc1OC)NCCCN1CCC(C)CC1. The molecule has 0 unspecified atom stereocenters. The Balaban J connectivity index is 1.93. The van der Waals surface area contributed by atoms with Gasteiger partial charge >= 0.3 is 0 Å². The van der Waals surface area contributed by atoms with Crippen molar-refractivity contribution < 1.29 is 14.2 Å². The van der Waals surface area contributed by atoms with Gasteiger partial charge in [-0.3, -0.25) is 0 Å². The van der Waals surface area contributed by atoms with Crippen LogP contribution in [0.2, 0.25) is 0 Å². The first kappa shape index (κ1) is 23.1. The van der Waals surface area contributed by atoms with Crippen molar-refractivity contribution in [3.05, 3.63) is 17.7 Å². The summed E-state index contributed by atoms with van der Waals surface area (Å²) in [6.45, 7) is 10.2. The molecule has 1 aromatic rings. The smallest absolute Gasteiger partial charge is 0.191 e. The summed E-state index contributed by atoms with van der Waals surface area (Å²) in [7, 11) is 4.92. The average molecular weight is 407 g/mol. The normalized spacial score (nSPS) is 15.8. The van der Waals surface area contributed by atoms with Crippen LogP contribution in [0.15, 0.2) is 17.1 Å². The van der Waals surface area contributed by atoms with E-state index < -0.39 is 0 Å². The van der Waals surface area contributed by atoms with Crippen LogP contribution in [0.4, 0.5) is 0 Å². The highest BCUT2D eigenvalue weighted by atomic mass is 16.5. The minimum Gasteiger partial charge on any atom is -0.496 e. The zero-order chi connectivity index (χ0) is 21.1. The Labute approximate surface area is 175 Å². The molecule has 2 rings (SSSR count). The second kappa shape index (κ2) is 12.4. The van der Waals surface area contributed by atoms with E-state index in [2.05, 4.69) is 29.4 Å². The van der Waals surface area contributed by atoms with Crippen molar-refractivity contribution in [2.45, 2.75) is 39.7 Å². The Hall–Kier alpha value is -2.15. The Kier molecular flexibility index (Phi) is 9.91. The van der Waals surface area contributed by atoms with E-state index >= 15 is 0 Å². The molecular weight excluding hydrogens is 368 g/mol. The molecule has 0 spiro atoms. The minimum absolute atomic E-state index is 0.454. The van der Waals surface area contributed by atoms with Crippen LogP contribution in [0.5, 0.6) is 17.2 Å². The van der Waals surface area contributed by atoms with Crippen molar-refractivity contribution in [1.29, 1.82) is 0 Å². The highest BCUT2D eigenvalue weighted by Gasteiger charge is 2.15. The molecule has 1 aliphatic heterocycles. The van der Waals surface area contributed by atoms with E-state index in [1.807, 2.05) is 12.1 Å². The maximum atomic E-state index is 5.52. The van der Waals surface area contributed by atoms with E-state index in [-0.39, 0.29) is 0 Å². The molecule has 0 saturated carbocycles. The van der Waals surface area contributed by atoms with Crippen molar-refractivity contribution in [2.24, 2.45) is 10.9 Å². The van der Waals surface area contributed by atoms with Gasteiger partial charge in [0.15, 0.2) is 5.96 Å². The minimum atomic E-state index is 0.454. The third-order valence-corrected chi connectivity index (χ3v) is 5.38. The average Bonchev–Trinajstić information content (AvgIpc) is 2.75. The molecule has 0 atom stereocenters. The number of rotatable bonds is 10. The van der Waals surface area contributed by atoms with Gasteiger partial charge < -0.3 is 29.7 Å². The summed E-state index contributed by atoms with van der Waals surface area (Å²) < 4.78 is 16.4. The first-order valence-electron chi connectivity index (χ1n) is 10.6. The Morgan fingerprint density at radius 3 is 2.28 bits per heavy atom. The van der Waals surface area contributed by atoms with Crippen molar-refractivity contribution in [3.8, 4) is 17.2 Å². The molecule has 1 fully saturated rings. The lowest BCUT2D eigenvalue weighted by atomic mass is 9.99. The molecule has 1 aromatic carbocycles. The van der Waals surface area contributed by atoms with Gasteiger partial charge in [0.05, 0.1) is 33.4 Å². The maximum Gasteiger partial charge on any atom is 0.191 e. The number of methoxy groups -OCH3 is 3. The van der Waals surface area contributed by atoms with E-state index in [0.29, 0.717) is 23.8 Å². The van der Waals surface area contributed by atoms with Gasteiger partial charge in [-0.25, -0.2) is 4.99 Å². The van der Waals surface area contributed by atoms with Crippen LogP contribution in [0.25, 0.3) is 0 Å². The predicted molar refractivity (Wildman–Crippen MR) is 118 cm³/mol. The molecule has 0 amide bonds. The molecule has 2 N–H and O–H groups in total. The van der Waals surface area contributed by atoms with Gasteiger partial charge in [-0.1, -0.05) is 6.92 Å². The summed E-state index contributed by atoms with van der Waals surface area (Å²) in [6, 6.07) is 3.71. The Morgan fingerprint density at radius 1 is 1.07 bits per heavy atom. The van der Waals surface area contributed by atoms with Gasteiger partial charge in [0.1, 0.15) is 17.2 Å². The number of aliphatic imine (C=N–C) groups is 1. The van der Waals surface area contributed by atoms with Crippen molar-refractivity contribution in [3.63, 3.8) is 0 Å². The van der Waals surface area contributed by atoms with E-state index in [4.69, 9.17) is 19.2 Å². The second-order valence-electron chi connectivity index (χ2n) is 7.51. The number of hydrogen-bond acceptors (Lipinski definition) is 5. The first-order chi connectivity index (χ1) is 14.1. The Bertz CT molecular complexity index is 618. The molecule has 1 aliphatic rings. The van der Waals surface area contributed by atoms with Gasteiger partial charge in [-0.15, -0.1) is 0 Å². The lowest BCUT2D eigenvalue weighted by Crippen LogP contribution is -2.39. The third kappa shape index (κ3) is 7.31. The summed E-state index contributed by atoms with van der Waals surface area (Å²) in [4.78, 5) is 7.30. The van der Waals surface area contributed by atoms with Crippen LogP contribution in [-0.4, -0.2) is 64.9 Å². The highest BCUT2D eigenvalue weighted by molar-refractivity contribution is 5.79. The number of likely N-dealkylation sites (tertiary alicyclic amines) is 1. The number of guanidine groups is 1.